The number of hydrogen-bond acceptors (Lipinski definition) is 3. The molecule has 0 radical (unpaired) electrons. The van der Waals surface area contributed by atoms with E-state index in [1.165, 1.54) is 5.56 Å². The Bertz CT molecular complexity index is 415. The van der Waals surface area contributed by atoms with Gasteiger partial charge in [-0.05, 0) is 30.0 Å². The average Bonchev–Trinajstić information content (AvgIpc) is 2.42. The fourth-order valence-corrected chi connectivity index (χ4v) is 2.42. The van der Waals surface area contributed by atoms with Crippen molar-refractivity contribution in [2.75, 3.05) is 7.11 Å². The van der Waals surface area contributed by atoms with Crippen molar-refractivity contribution in [3.8, 4) is 5.75 Å². The SMILES string of the molecule is CCC(NC(C)C)C(O)c1cc(C(C)C)ccc1OC. The number of aliphatic hydroxyl groups excluding tert-OH is 1. The molecule has 0 saturated carbocycles. The Labute approximate surface area is 123 Å². The second-order valence-electron chi connectivity index (χ2n) is 5.94. The van der Waals surface area contributed by atoms with Crippen molar-refractivity contribution in [2.24, 2.45) is 0 Å². The zero-order valence-electron chi connectivity index (χ0n) is 13.6. The van der Waals surface area contributed by atoms with Crippen molar-refractivity contribution in [2.45, 2.75) is 65.1 Å². The molecule has 0 bridgehead atoms. The first-order valence-electron chi connectivity index (χ1n) is 7.52. The Morgan fingerprint density at radius 2 is 1.85 bits per heavy atom. The summed E-state index contributed by atoms with van der Waals surface area (Å²) in [5.74, 6) is 1.19. The van der Waals surface area contributed by atoms with Crippen molar-refractivity contribution >= 4 is 0 Å². The lowest BCUT2D eigenvalue weighted by Gasteiger charge is -2.27. The Kier molecular flexibility index (Phi) is 6.50. The van der Waals surface area contributed by atoms with Crippen LogP contribution in [0.25, 0.3) is 0 Å². The number of methoxy groups -OCH3 is 1. The van der Waals surface area contributed by atoms with Crippen LogP contribution in [0, 0.1) is 0 Å². The molecule has 114 valence electrons. The van der Waals surface area contributed by atoms with E-state index in [1.54, 1.807) is 7.11 Å². The molecule has 0 aliphatic heterocycles. The van der Waals surface area contributed by atoms with Gasteiger partial charge in [-0.2, -0.15) is 0 Å². The summed E-state index contributed by atoms with van der Waals surface area (Å²) in [6.45, 7) is 10.6. The van der Waals surface area contributed by atoms with E-state index in [4.69, 9.17) is 4.74 Å². The summed E-state index contributed by atoms with van der Waals surface area (Å²) >= 11 is 0. The van der Waals surface area contributed by atoms with Crippen LogP contribution < -0.4 is 10.1 Å². The van der Waals surface area contributed by atoms with E-state index in [0.29, 0.717) is 12.0 Å². The van der Waals surface area contributed by atoms with Gasteiger partial charge >= 0.3 is 0 Å². The van der Waals surface area contributed by atoms with Gasteiger partial charge < -0.3 is 15.2 Å². The van der Waals surface area contributed by atoms with Crippen molar-refractivity contribution < 1.29 is 9.84 Å². The first-order valence-corrected chi connectivity index (χ1v) is 7.52. The molecule has 0 saturated heterocycles. The van der Waals surface area contributed by atoms with E-state index < -0.39 is 6.10 Å². The van der Waals surface area contributed by atoms with Crippen LogP contribution in [-0.4, -0.2) is 24.3 Å². The van der Waals surface area contributed by atoms with Crippen LogP contribution in [-0.2, 0) is 0 Å². The van der Waals surface area contributed by atoms with Gasteiger partial charge in [-0.1, -0.05) is 40.7 Å². The molecule has 2 atom stereocenters. The van der Waals surface area contributed by atoms with E-state index in [-0.39, 0.29) is 6.04 Å². The molecule has 3 nitrogen and oxygen atoms in total. The molecule has 0 aliphatic rings. The summed E-state index contributed by atoms with van der Waals surface area (Å²) in [7, 11) is 1.65. The Hall–Kier alpha value is -1.06. The van der Waals surface area contributed by atoms with Crippen LogP contribution in [0.3, 0.4) is 0 Å². The number of hydrogen-bond donors (Lipinski definition) is 2. The summed E-state index contributed by atoms with van der Waals surface area (Å²) in [6.07, 6.45) is 0.310. The molecule has 1 aromatic rings. The third-order valence-electron chi connectivity index (χ3n) is 3.61. The summed E-state index contributed by atoms with van der Waals surface area (Å²) in [4.78, 5) is 0. The molecular formula is C17H29NO2. The van der Waals surface area contributed by atoms with Crippen molar-refractivity contribution in [1.29, 1.82) is 0 Å². The average molecular weight is 279 g/mol. The van der Waals surface area contributed by atoms with Gasteiger partial charge in [0.2, 0.25) is 0 Å². The first-order chi connectivity index (χ1) is 9.40. The highest BCUT2D eigenvalue weighted by molar-refractivity contribution is 5.40. The highest BCUT2D eigenvalue weighted by atomic mass is 16.5. The molecular weight excluding hydrogens is 250 g/mol. The normalized spacial score (nSPS) is 14.7. The zero-order valence-corrected chi connectivity index (χ0v) is 13.6. The lowest BCUT2D eigenvalue weighted by atomic mass is 9.94. The maximum atomic E-state index is 10.7. The van der Waals surface area contributed by atoms with Crippen LogP contribution in [0.15, 0.2) is 18.2 Å². The van der Waals surface area contributed by atoms with E-state index in [0.717, 1.165) is 17.7 Å². The van der Waals surface area contributed by atoms with Crippen LogP contribution >= 0.6 is 0 Å². The van der Waals surface area contributed by atoms with Crippen molar-refractivity contribution in [1.82, 2.24) is 5.32 Å². The Morgan fingerprint density at radius 3 is 2.30 bits per heavy atom. The third-order valence-corrected chi connectivity index (χ3v) is 3.61. The van der Waals surface area contributed by atoms with Gasteiger partial charge in [0.25, 0.3) is 0 Å². The highest BCUT2D eigenvalue weighted by Crippen LogP contribution is 2.31. The van der Waals surface area contributed by atoms with Gasteiger partial charge in [0.1, 0.15) is 5.75 Å². The summed E-state index contributed by atoms with van der Waals surface area (Å²) < 4.78 is 5.41. The lowest BCUT2D eigenvalue weighted by molar-refractivity contribution is 0.118. The maximum Gasteiger partial charge on any atom is 0.124 e. The number of rotatable bonds is 7. The van der Waals surface area contributed by atoms with E-state index in [9.17, 15) is 5.11 Å². The van der Waals surface area contributed by atoms with Crippen molar-refractivity contribution in [3.05, 3.63) is 29.3 Å². The number of benzene rings is 1. The molecule has 0 aliphatic carbocycles. The molecule has 0 fully saturated rings. The molecule has 3 heteroatoms. The lowest BCUT2D eigenvalue weighted by Crippen LogP contribution is -2.39. The molecule has 1 aromatic carbocycles. The molecule has 20 heavy (non-hydrogen) atoms. The zero-order chi connectivity index (χ0) is 15.3. The predicted molar refractivity (Wildman–Crippen MR) is 84.4 cm³/mol. The summed E-state index contributed by atoms with van der Waals surface area (Å²) in [6, 6.07) is 6.46. The fraction of sp³-hybridized carbons (Fsp3) is 0.647. The third kappa shape index (κ3) is 4.22. The van der Waals surface area contributed by atoms with Crippen LogP contribution in [0.4, 0.5) is 0 Å². The van der Waals surface area contributed by atoms with Crippen LogP contribution in [0.2, 0.25) is 0 Å². The Balaban J connectivity index is 3.10. The van der Waals surface area contributed by atoms with Crippen LogP contribution in [0.1, 0.15) is 64.2 Å². The van der Waals surface area contributed by atoms with Gasteiger partial charge in [0.15, 0.2) is 0 Å². The molecule has 0 aromatic heterocycles. The number of nitrogens with one attached hydrogen (secondary N) is 1. The first kappa shape index (κ1) is 17.0. The molecule has 1 rings (SSSR count). The molecule has 0 heterocycles. The maximum absolute atomic E-state index is 10.7. The van der Waals surface area contributed by atoms with Gasteiger partial charge in [0, 0.05) is 17.6 Å². The Morgan fingerprint density at radius 1 is 1.20 bits per heavy atom. The minimum absolute atomic E-state index is 0.0336. The topological polar surface area (TPSA) is 41.5 Å². The van der Waals surface area contributed by atoms with Crippen LogP contribution in [0.5, 0.6) is 5.75 Å². The predicted octanol–water partition coefficient (Wildman–Crippen LogP) is 3.63. The summed E-state index contributed by atoms with van der Waals surface area (Å²) in [5.41, 5.74) is 2.10. The van der Waals surface area contributed by atoms with Gasteiger partial charge in [-0.15, -0.1) is 0 Å². The molecule has 0 spiro atoms. The van der Waals surface area contributed by atoms with Gasteiger partial charge in [0.05, 0.1) is 13.2 Å². The second kappa shape index (κ2) is 7.65. The second-order valence-corrected chi connectivity index (χ2v) is 5.94. The quantitative estimate of drug-likeness (QED) is 0.801. The highest BCUT2D eigenvalue weighted by Gasteiger charge is 2.23. The van der Waals surface area contributed by atoms with E-state index in [2.05, 4.69) is 52.1 Å². The summed E-state index contributed by atoms with van der Waals surface area (Å²) in [5, 5.41) is 14.1. The molecule has 0 amide bonds. The van der Waals surface area contributed by atoms with Crippen molar-refractivity contribution in [3.63, 3.8) is 0 Å². The van der Waals surface area contributed by atoms with E-state index in [1.807, 2.05) is 6.07 Å². The minimum atomic E-state index is -0.559. The van der Waals surface area contributed by atoms with Gasteiger partial charge in [-0.3, -0.25) is 0 Å². The standard InChI is InChI=1S/C17H29NO2/c1-7-15(18-12(4)5)17(19)14-10-13(11(2)3)8-9-16(14)20-6/h8-12,15,17-19H,7H2,1-6H3. The number of aliphatic hydroxyl groups is 1. The van der Waals surface area contributed by atoms with E-state index >= 15 is 0 Å². The minimum Gasteiger partial charge on any atom is -0.496 e. The smallest absolute Gasteiger partial charge is 0.124 e. The monoisotopic (exact) mass is 279 g/mol. The molecule has 2 N–H and O–H groups in total. The molecule has 2 unspecified atom stereocenters. The van der Waals surface area contributed by atoms with Gasteiger partial charge in [-0.25, -0.2) is 0 Å². The largest absolute Gasteiger partial charge is 0.496 e. The fourth-order valence-electron chi connectivity index (χ4n) is 2.42. The number of ether oxygens (including phenoxy) is 1.